The summed E-state index contributed by atoms with van der Waals surface area (Å²) < 4.78 is 13.5. The van der Waals surface area contributed by atoms with Gasteiger partial charge in [0.2, 0.25) is 0 Å². The van der Waals surface area contributed by atoms with E-state index in [0.29, 0.717) is 11.6 Å². The van der Waals surface area contributed by atoms with Gasteiger partial charge in [-0.25, -0.2) is 4.39 Å². The van der Waals surface area contributed by atoms with Crippen molar-refractivity contribution in [3.05, 3.63) is 34.6 Å². The normalized spacial score (nSPS) is 16.3. The van der Waals surface area contributed by atoms with Crippen LogP contribution in [-0.2, 0) is 0 Å². The number of benzene rings is 1. The highest BCUT2D eigenvalue weighted by molar-refractivity contribution is 6.30. The fourth-order valence-electron chi connectivity index (χ4n) is 2.28. The Labute approximate surface area is 117 Å². The molecule has 3 nitrogen and oxygen atoms in total. The van der Waals surface area contributed by atoms with Gasteiger partial charge in [0.25, 0.3) is 5.91 Å². The molecule has 104 valence electrons. The summed E-state index contributed by atoms with van der Waals surface area (Å²) in [7, 11) is 0. The Bertz CT molecular complexity index is 447. The van der Waals surface area contributed by atoms with Crippen molar-refractivity contribution in [3.63, 3.8) is 0 Å². The molecule has 5 heteroatoms. The Morgan fingerprint density at radius 1 is 1.32 bits per heavy atom. The summed E-state index contributed by atoms with van der Waals surface area (Å²) in [6.07, 6.45) is 3.73. The first-order chi connectivity index (χ1) is 9.16. The van der Waals surface area contributed by atoms with Crippen LogP contribution < -0.4 is 5.32 Å². The molecule has 0 atom stereocenters. The van der Waals surface area contributed by atoms with Gasteiger partial charge >= 0.3 is 0 Å². The van der Waals surface area contributed by atoms with Crippen molar-refractivity contribution in [1.82, 2.24) is 10.2 Å². The molecule has 1 heterocycles. The first kappa shape index (κ1) is 14.3. The molecule has 0 radical (unpaired) electrons. The lowest BCUT2D eigenvalue weighted by Gasteiger charge is -2.26. The van der Waals surface area contributed by atoms with Gasteiger partial charge in [0.1, 0.15) is 5.82 Å². The Balaban J connectivity index is 1.82. The van der Waals surface area contributed by atoms with Crippen LogP contribution in [0.25, 0.3) is 0 Å². The lowest BCUT2D eigenvalue weighted by molar-refractivity contribution is 0.0942. The van der Waals surface area contributed by atoms with Crippen LogP contribution in [0.2, 0.25) is 5.02 Å². The van der Waals surface area contributed by atoms with Crippen molar-refractivity contribution >= 4 is 17.5 Å². The molecule has 0 spiro atoms. The molecule has 0 aromatic heterocycles. The predicted octanol–water partition coefficient (Wildman–Crippen LogP) is 2.69. The van der Waals surface area contributed by atoms with E-state index in [2.05, 4.69) is 10.2 Å². The van der Waals surface area contributed by atoms with Gasteiger partial charge in [-0.2, -0.15) is 0 Å². The zero-order chi connectivity index (χ0) is 13.7. The maximum Gasteiger partial charge on any atom is 0.254 e. The highest BCUT2D eigenvalue weighted by Gasteiger charge is 2.13. The van der Waals surface area contributed by atoms with Crippen molar-refractivity contribution in [1.29, 1.82) is 0 Å². The second kappa shape index (κ2) is 6.87. The summed E-state index contributed by atoms with van der Waals surface area (Å²) in [5.41, 5.74) is 0.00569. The average molecular weight is 285 g/mol. The maximum absolute atomic E-state index is 13.5. The van der Waals surface area contributed by atoms with Crippen LogP contribution in [0.3, 0.4) is 0 Å². The van der Waals surface area contributed by atoms with Gasteiger partial charge in [-0.15, -0.1) is 0 Å². The van der Waals surface area contributed by atoms with Crippen LogP contribution in [0.15, 0.2) is 18.2 Å². The second-order valence-electron chi connectivity index (χ2n) is 4.78. The summed E-state index contributed by atoms with van der Waals surface area (Å²) in [4.78, 5) is 14.1. The van der Waals surface area contributed by atoms with Crippen LogP contribution in [0.4, 0.5) is 4.39 Å². The largest absolute Gasteiger partial charge is 0.351 e. The van der Waals surface area contributed by atoms with E-state index < -0.39 is 11.7 Å². The van der Waals surface area contributed by atoms with E-state index in [0.717, 1.165) is 19.6 Å². The van der Waals surface area contributed by atoms with E-state index in [1.54, 1.807) is 0 Å². The fourth-order valence-corrected chi connectivity index (χ4v) is 2.45. The number of piperidine rings is 1. The van der Waals surface area contributed by atoms with Crippen molar-refractivity contribution in [3.8, 4) is 0 Å². The quantitative estimate of drug-likeness (QED) is 0.922. The van der Waals surface area contributed by atoms with E-state index in [1.807, 2.05) is 0 Å². The molecule has 1 amide bonds. The van der Waals surface area contributed by atoms with E-state index >= 15 is 0 Å². The van der Waals surface area contributed by atoms with E-state index in [-0.39, 0.29) is 5.56 Å². The summed E-state index contributed by atoms with van der Waals surface area (Å²) in [5.74, 6) is -0.947. The number of likely N-dealkylation sites (tertiary alicyclic amines) is 1. The third-order valence-electron chi connectivity index (χ3n) is 3.34. The van der Waals surface area contributed by atoms with Crippen LogP contribution in [-0.4, -0.2) is 37.0 Å². The molecule has 0 unspecified atom stereocenters. The Hall–Kier alpha value is -1.13. The van der Waals surface area contributed by atoms with Crippen molar-refractivity contribution in [2.75, 3.05) is 26.2 Å². The first-order valence-electron chi connectivity index (χ1n) is 6.62. The maximum atomic E-state index is 13.5. The number of carbonyl (C=O) groups excluding carboxylic acids is 1. The molecule has 2 rings (SSSR count). The van der Waals surface area contributed by atoms with Crippen molar-refractivity contribution in [2.24, 2.45) is 0 Å². The highest BCUT2D eigenvalue weighted by Crippen LogP contribution is 2.14. The minimum atomic E-state index is -0.542. The van der Waals surface area contributed by atoms with E-state index in [9.17, 15) is 9.18 Å². The smallest absolute Gasteiger partial charge is 0.254 e. The van der Waals surface area contributed by atoms with Crippen LogP contribution in [0.5, 0.6) is 0 Å². The van der Waals surface area contributed by atoms with E-state index in [1.165, 1.54) is 37.5 Å². The van der Waals surface area contributed by atoms with Gasteiger partial charge < -0.3 is 10.2 Å². The zero-order valence-corrected chi connectivity index (χ0v) is 11.5. The Kier molecular flexibility index (Phi) is 5.16. The van der Waals surface area contributed by atoms with Crippen molar-refractivity contribution in [2.45, 2.75) is 19.3 Å². The molecule has 1 aliphatic heterocycles. The first-order valence-corrected chi connectivity index (χ1v) is 7.00. The van der Waals surface area contributed by atoms with Gasteiger partial charge in [-0.3, -0.25) is 4.79 Å². The fraction of sp³-hybridized carbons (Fsp3) is 0.500. The molecule has 1 N–H and O–H groups in total. The summed E-state index contributed by atoms with van der Waals surface area (Å²) in [5, 5.41) is 3.10. The van der Waals surface area contributed by atoms with Crippen LogP contribution in [0.1, 0.15) is 29.6 Å². The predicted molar refractivity (Wildman–Crippen MR) is 74.0 cm³/mol. The minimum Gasteiger partial charge on any atom is -0.351 e. The highest BCUT2D eigenvalue weighted by atomic mass is 35.5. The number of hydrogen-bond acceptors (Lipinski definition) is 2. The topological polar surface area (TPSA) is 32.3 Å². The van der Waals surface area contributed by atoms with Crippen LogP contribution in [0, 0.1) is 5.82 Å². The number of rotatable bonds is 4. The molecule has 1 aliphatic rings. The average Bonchev–Trinajstić information content (AvgIpc) is 2.42. The summed E-state index contributed by atoms with van der Waals surface area (Å²) >= 11 is 5.76. The third kappa shape index (κ3) is 4.18. The van der Waals surface area contributed by atoms with Crippen LogP contribution >= 0.6 is 11.6 Å². The van der Waals surface area contributed by atoms with Gasteiger partial charge in [-0.1, -0.05) is 18.0 Å². The number of nitrogens with zero attached hydrogens (tertiary/aromatic N) is 1. The van der Waals surface area contributed by atoms with Gasteiger partial charge in [0.05, 0.1) is 5.56 Å². The van der Waals surface area contributed by atoms with Crippen molar-refractivity contribution < 1.29 is 9.18 Å². The monoisotopic (exact) mass is 284 g/mol. The summed E-state index contributed by atoms with van der Waals surface area (Å²) in [6, 6.07) is 4.00. The number of hydrogen-bond donors (Lipinski definition) is 1. The molecule has 0 saturated carbocycles. The minimum absolute atomic E-state index is 0.00569. The molecule has 1 aromatic carbocycles. The number of nitrogens with one attached hydrogen (secondary N) is 1. The molecule has 1 aromatic rings. The molecule has 1 fully saturated rings. The Morgan fingerprint density at radius 3 is 2.79 bits per heavy atom. The van der Waals surface area contributed by atoms with E-state index in [4.69, 9.17) is 11.6 Å². The third-order valence-corrected chi connectivity index (χ3v) is 3.57. The molecule has 19 heavy (non-hydrogen) atoms. The Morgan fingerprint density at radius 2 is 2.05 bits per heavy atom. The second-order valence-corrected chi connectivity index (χ2v) is 5.22. The lowest BCUT2D eigenvalue weighted by atomic mass is 10.1. The molecular formula is C14H18ClFN2O. The summed E-state index contributed by atoms with van der Waals surface area (Å²) in [6.45, 7) is 3.52. The van der Waals surface area contributed by atoms with Gasteiger partial charge in [-0.05, 0) is 44.1 Å². The number of amides is 1. The van der Waals surface area contributed by atoms with Gasteiger partial charge in [0.15, 0.2) is 0 Å². The van der Waals surface area contributed by atoms with Gasteiger partial charge in [0, 0.05) is 18.1 Å². The molecule has 1 saturated heterocycles. The zero-order valence-electron chi connectivity index (χ0n) is 10.8. The molecule has 0 aliphatic carbocycles. The molecule has 0 bridgehead atoms. The molecular weight excluding hydrogens is 267 g/mol. The number of halogens is 2. The standard InChI is InChI=1S/C14H18ClFN2O/c15-11-4-5-13(16)12(10-11)14(19)17-6-9-18-7-2-1-3-8-18/h4-5,10H,1-3,6-9H2,(H,17,19). The lowest BCUT2D eigenvalue weighted by Crippen LogP contribution is -2.37. The number of carbonyl (C=O) groups is 1. The SMILES string of the molecule is O=C(NCCN1CCCCC1)c1cc(Cl)ccc1F.